The fourth-order valence-corrected chi connectivity index (χ4v) is 2.76. The van der Waals surface area contributed by atoms with Crippen molar-refractivity contribution in [1.29, 1.82) is 0 Å². The number of hydrogen-bond donors (Lipinski definition) is 2. The van der Waals surface area contributed by atoms with Crippen LogP contribution in [0.5, 0.6) is 0 Å². The molecule has 1 aromatic heterocycles. The summed E-state index contributed by atoms with van der Waals surface area (Å²) < 4.78 is 0. The molecular formula is C17H28N4. The lowest BCUT2D eigenvalue weighted by molar-refractivity contribution is 0.638. The van der Waals surface area contributed by atoms with E-state index in [9.17, 15) is 0 Å². The van der Waals surface area contributed by atoms with E-state index in [0.29, 0.717) is 12.0 Å². The lowest BCUT2D eigenvalue weighted by atomic mass is 10.1. The molecular weight excluding hydrogens is 260 g/mol. The maximum absolute atomic E-state index is 4.81. The van der Waals surface area contributed by atoms with Gasteiger partial charge in [0.15, 0.2) is 0 Å². The van der Waals surface area contributed by atoms with Crippen LogP contribution >= 0.6 is 0 Å². The zero-order chi connectivity index (χ0) is 14.8. The molecule has 0 aliphatic heterocycles. The third kappa shape index (κ3) is 3.86. The highest BCUT2D eigenvalue weighted by molar-refractivity contribution is 5.58. The van der Waals surface area contributed by atoms with Gasteiger partial charge in [0.25, 0.3) is 0 Å². The summed E-state index contributed by atoms with van der Waals surface area (Å²) in [5.41, 5.74) is 1.16. The average molecular weight is 288 g/mol. The largest absolute Gasteiger partial charge is 0.370 e. The van der Waals surface area contributed by atoms with E-state index in [0.717, 1.165) is 41.9 Å². The Balaban J connectivity index is 1.76. The summed E-state index contributed by atoms with van der Waals surface area (Å²) >= 11 is 0. The molecule has 0 spiro atoms. The first-order valence-corrected chi connectivity index (χ1v) is 8.56. The van der Waals surface area contributed by atoms with Crippen LogP contribution in [0, 0.1) is 12.8 Å². The minimum atomic E-state index is 0.497. The van der Waals surface area contributed by atoms with Crippen molar-refractivity contribution in [3.05, 3.63) is 11.4 Å². The molecule has 0 bridgehead atoms. The van der Waals surface area contributed by atoms with Gasteiger partial charge in [0.2, 0.25) is 0 Å². The predicted molar refractivity (Wildman–Crippen MR) is 88.0 cm³/mol. The highest BCUT2D eigenvalue weighted by Crippen LogP contribution is 2.40. The highest BCUT2D eigenvalue weighted by atomic mass is 15.1. The molecule has 0 aromatic carbocycles. The van der Waals surface area contributed by atoms with Gasteiger partial charge in [-0.3, -0.25) is 0 Å². The molecule has 0 amide bonds. The van der Waals surface area contributed by atoms with E-state index in [-0.39, 0.29) is 0 Å². The van der Waals surface area contributed by atoms with E-state index in [4.69, 9.17) is 9.97 Å². The molecule has 1 heterocycles. The van der Waals surface area contributed by atoms with Crippen LogP contribution in [0.15, 0.2) is 0 Å². The number of nitrogens with one attached hydrogen (secondary N) is 2. The van der Waals surface area contributed by atoms with E-state index in [1.807, 2.05) is 0 Å². The number of anilines is 2. The first-order valence-electron chi connectivity index (χ1n) is 8.56. The molecule has 1 aromatic rings. The molecule has 2 aliphatic rings. The van der Waals surface area contributed by atoms with Crippen molar-refractivity contribution in [2.45, 2.75) is 71.3 Å². The molecule has 0 saturated heterocycles. The predicted octanol–water partition coefficient (Wildman–Crippen LogP) is 4.08. The first-order chi connectivity index (χ1) is 10.2. The van der Waals surface area contributed by atoms with Crippen molar-refractivity contribution in [3.63, 3.8) is 0 Å². The average Bonchev–Trinajstić information content (AvgIpc) is 3.32. The van der Waals surface area contributed by atoms with Gasteiger partial charge in [0, 0.05) is 24.1 Å². The van der Waals surface area contributed by atoms with Crippen LogP contribution in [-0.4, -0.2) is 22.6 Å². The SMILES string of the molecule is CCCNc1nc(C2CC2)nc(NC(C)CC2CC2)c1C. The van der Waals surface area contributed by atoms with Crippen LogP contribution < -0.4 is 10.6 Å². The van der Waals surface area contributed by atoms with Crippen molar-refractivity contribution in [2.24, 2.45) is 5.92 Å². The normalized spacial score (nSPS) is 19.4. The molecule has 2 N–H and O–H groups in total. The Morgan fingerprint density at radius 1 is 1.14 bits per heavy atom. The standard InChI is InChI=1S/C17H28N4/c1-4-9-18-15-12(3)16(19-11(2)10-13-5-6-13)21-17(20-15)14-7-8-14/h11,13-14H,4-10H2,1-3H3,(H2,18,19,20,21). The van der Waals surface area contributed by atoms with E-state index in [1.165, 1.54) is 32.1 Å². The van der Waals surface area contributed by atoms with Crippen molar-refractivity contribution < 1.29 is 0 Å². The summed E-state index contributed by atoms with van der Waals surface area (Å²) in [4.78, 5) is 9.56. The fraction of sp³-hybridized carbons (Fsp3) is 0.765. The van der Waals surface area contributed by atoms with E-state index < -0.39 is 0 Å². The van der Waals surface area contributed by atoms with Crippen LogP contribution in [0.1, 0.15) is 69.7 Å². The minimum Gasteiger partial charge on any atom is -0.370 e. The Labute approximate surface area is 128 Å². The van der Waals surface area contributed by atoms with Gasteiger partial charge in [-0.25, -0.2) is 9.97 Å². The van der Waals surface area contributed by atoms with Crippen molar-refractivity contribution >= 4 is 11.6 Å². The first kappa shape index (κ1) is 14.6. The molecule has 1 unspecified atom stereocenters. The number of nitrogens with zero attached hydrogens (tertiary/aromatic N) is 2. The molecule has 3 rings (SSSR count). The highest BCUT2D eigenvalue weighted by Gasteiger charge is 2.29. The monoisotopic (exact) mass is 288 g/mol. The van der Waals surface area contributed by atoms with Crippen molar-refractivity contribution in [1.82, 2.24) is 9.97 Å². The van der Waals surface area contributed by atoms with Gasteiger partial charge >= 0.3 is 0 Å². The third-order valence-electron chi connectivity index (χ3n) is 4.41. The zero-order valence-electron chi connectivity index (χ0n) is 13.6. The molecule has 2 fully saturated rings. The maximum atomic E-state index is 4.81. The molecule has 0 radical (unpaired) electrons. The number of aromatic nitrogens is 2. The second-order valence-electron chi connectivity index (χ2n) is 6.83. The maximum Gasteiger partial charge on any atom is 0.136 e. The fourth-order valence-electron chi connectivity index (χ4n) is 2.76. The van der Waals surface area contributed by atoms with Crippen molar-refractivity contribution in [3.8, 4) is 0 Å². The Hall–Kier alpha value is -1.32. The van der Waals surface area contributed by atoms with Crippen LogP contribution in [-0.2, 0) is 0 Å². The molecule has 2 aliphatic carbocycles. The summed E-state index contributed by atoms with van der Waals surface area (Å²) in [6, 6.07) is 0.497. The quantitative estimate of drug-likeness (QED) is 0.756. The Morgan fingerprint density at radius 2 is 1.86 bits per heavy atom. The lowest BCUT2D eigenvalue weighted by Crippen LogP contribution is -2.19. The summed E-state index contributed by atoms with van der Waals surface area (Å²) in [5.74, 6) is 4.62. The lowest BCUT2D eigenvalue weighted by Gasteiger charge is -2.19. The molecule has 4 heteroatoms. The van der Waals surface area contributed by atoms with Gasteiger partial charge < -0.3 is 10.6 Å². The van der Waals surface area contributed by atoms with Gasteiger partial charge in [0.1, 0.15) is 17.5 Å². The topological polar surface area (TPSA) is 49.8 Å². The zero-order valence-corrected chi connectivity index (χ0v) is 13.6. The minimum absolute atomic E-state index is 0.497. The smallest absolute Gasteiger partial charge is 0.136 e. The molecule has 21 heavy (non-hydrogen) atoms. The van der Waals surface area contributed by atoms with Gasteiger partial charge in [-0.05, 0) is 45.4 Å². The van der Waals surface area contributed by atoms with Crippen LogP contribution in [0.25, 0.3) is 0 Å². The van der Waals surface area contributed by atoms with Gasteiger partial charge in [-0.1, -0.05) is 19.8 Å². The van der Waals surface area contributed by atoms with Gasteiger partial charge in [-0.2, -0.15) is 0 Å². The molecule has 2 saturated carbocycles. The second-order valence-corrected chi connectivity index (χ2v) is 6.83. The number of rotatable bonds is 8. The van der Waals surface area contributed by atoms with E-state index >= 15 is 0 Å². The Morgan fingerprint density at radius 3 is 2.48 bits per heavy atom. The Kier molecular flexibility index (Phi) is 4.32. The van der Waals surface area contributed by atoms with Crippen LogP contribution in [0.4, 0.5) is 11.6 Å². The van der Waals surface area contributed by atoms with Crippen LogP contribution in [0.3, 0.4) is 0 Å². The van der Waals surface area contributed by atoms with Gasteiger partial charge in [-0.15, -0.1) is 0 Å². The molecule has 116 valence electrons. The van der Waals surface area contributed by atoms with Gasteiger partial charge in [0.05, 0.1) is 0 Å². The summed E-state index contributed by atoms with van der Waals surface area (Å²) in [5, 5.41) is 7.09. The van der Waals surface area contributed by atoms with E-state index in [1.54, 1.807) is 0 Å². The Bertz CT molecular complexity index is 492. The molecule has 1 atom stereocenters. The third-order valence-corrected chi connectivity index (χ3v) is 4.41. The summed E-state index contributed by atoms with van der Waals surface area (Å²) in [6.45, 7) is 7.55. The molecule has 4 nitrogen and oxygen atoms in total. The second kappa shape index (κ2) is 6.20. The van der Waals surface area contributed by atoms with Crippen LogP contribution in [0.2, 0.25) is 0 Å². The summed E-state index contributed by atoms with van der Waals surface area (Å²) in [6.07, 6.45) is 7.68. The van der Waals surface area contributed by atoms with Crippen molar-refractivity contribution in [2.75, 3.05) is 17.2 Å². The van der Waals surface area contributed by atoms with E-state index in [2.05, 4.69) is 31.4 Å². The summed E-state index contributed by atoms with van der Waals surface area (Å²) in [7, 11) is 0. The number of hydrogen-bond acceptors (Lipinski definition) is 4.